The summed E-state index contributed by atoms with van der Waals surface area (Å²) in [5, 5.41) is 4.85. The molecule has 3 amide bonds. The van der Waals surface area contributed by atoms with Crippen LogP contribution in [0.5, 0.6) is 5.75 Å². The first-order valence-electron chi connectivity index (χ1n) is 19.6. The molecule has 0 aromatic heterocycles. The Morgan fingerprint density at radius 3 is 1.93 bits per heavy atom. The van der Waals surface area contributed by atoms with Gasteiger partial charge in [0, 0.05) is 32.4 Å². The van der Waals surface area contributed by atoms with E-state index in [2.05, 4.69) is 15.6 Å². The third kappa shape index (κ3) is 15.2. The Bertz CT molecular complexity index is 1930. The number of benzene rings is 3. The minimum atomic E-state index is -0.837. The second kappa shape index (κ2) is 20.0. The molecule has 13 heteroatoms. The number of aryl methyl sites for hydroxylation is 1. The Balaban J connectivity index is 1.46. The highest BCUT2D eigenvalue weighted by atomic mass is 16.6. The van der Waals surface area contributed by atoms with E-state index in [0.29, 0.717) is 24.5 Å². The molecule has 0 spiro atoms. The van der Waals surface area contributed by atoms with Crippen molar-refractivity contribution in [1.82, 2.24) is 15.5 Å². The maximum absolute atomic E-state index is 14.0. The number of hydrogen-bond donors (Lipinski definition) is 2. The summed E-state index contributed by atoms with van der Waals surface area (Å²) in [6.07, 6.45) is 1.49. The summed E-state index contributed by atoms with van der Waals surface area (Å²) in [5.74, 6) is -0.861. The number of aliphatic imine (C=N–C) groups is 1. The Labute approximate surface area is 340 Å². The fourth-order valence-electron chi connectivity index (χ4n) is 6.75. The molecule has 0 fully saturated rings. The van der Waals surface area contributed by atoms with Crippen LogP contribution in [0.2, 0.25) is 0 Å². The number of ether oxygens (including phenoxy) is 3. The zero-order valence-electron chi connectivity index (χ0n) is 34.8. The molecule has 0 radical (unpaired) electrons. The highest BCUT2D eigenvalue weighted by molar-refractivity contribution is 6.02. The van der Waals surface area contributed by atoms with Crippen LogP contribution in [0.25, 0.3) is 0 Å². The average molecular weight is 797 g/mol. The van der Waals surface area contributed by atoms with E-state index in [4.69, 9.17) is 14.2 Å². The molecule has 1 unspecified atom stereocenters. The normalized spacial score (nSPS) is 13.7. The zero-order valence-corrected chi connectivity index (χ0v) is 34.8. The molecule has 1 aliphatic rings. The minimum absolute atomic E-state index is 0.0183. The van der Waals surface area contributed by atoms with Gasteiger partial charge in [-0.3, -0.25) is 15.4 Å². The van der Waals surface area contributed by atoms with Crippen molar-refractivity contribution in [2.45, 2.75) is 118 Å². The fraction of sp³-hybridized carbons (Fsp3) is 0.444. The first kappa shape index (κ1) is 44.9. The second-order valence-corrected chi connectivity index (χ2v) is 16.7. The van der Waals surface area contributed by atoms with Crippen molar-refractivity contribution in [3.05, 3.63) is 95.1 Å². The lowest BCUT2D eigenvalue weighted by atomic mass is 9.80. The van der Waals surface area contributed by atoms with Gasteiger partial charge in [0.25, 0.3) is 0 Å². The highest BCUT2D eigenvalue weighted by Crippen LogP contribution is 2.37. The van der Waals surface area contributed by atoms with E-state index in [0.717, 1.165) is 36.0 Å². The van der Waals surface area contributed by atoms with E-state index in [-0.39, 0.29) is 60.1 Å². The maximum atomic E-state index is 14.0. The smallest absolute Gasteiger partial charge is 0.414 e. The van der Waals surface area contributed by atoms with Gasteiger partial charge in [0.1, 0.15) is 28.5 Å². The quantitative estimate of drug-likeness (QED) is 0.0747. The molecule has 1 aliphatic carbocycles. The fourth-order valence-corrected chi connectivity index (χ4v) is 6.75. The van der Waals surface area contributed by atoms with Crippen LogP contribution in [0.15, 0.2) is 77.8 Å². The predicted octanol–water partition coefficient (Wildman–Crippen LogP) is 8.36. The summed E-state index contributed by atoms with van der Waals surface area (Å²) in [7, 11) is 0. The molecule has 0 heterocycles. The van der Waals surface area contributed by atoms with Gasteiger partial charge in [0.2, 0.25) is 11.9 Å². The molecular formula is C45H56N4O9. The number of fused-ring (bicyclic) bond motifs is 1. The molecule has 3 aromatic carbocycles. The molecule has 0 bridgehead atoms. The summed E-state index contributed by atoms with van der Waals surface area (Å²) in [6.45, 7) is 13.9. The third-order valence-electron chi connectivity index (χ3n) is 8.97. The number of amides is 3. The first-order valence-corrected chi connectivity index (χ1v) is 19.6. The number of hydrogen-bond acceptors (Lipinski definition) is 10. The summed E-state index contributed by atoms with van der Waals surface area (Å²) in [4.78, 5) is 82.4. The number of carbonyl (C=O) groups is 6. The van der Waals surface area contributed by atoms with Gasteiger partial charge in [-0.1, -0.05) is 36.4 Å². The van der Waals surface area contributed by atoms with Gasteiger partial charge in [-0.2, -0.15) is 0 Å². The Hall–Kier alpha value is -5.85. The first-order chi connectivity index (χ1) is 27.2. The summed E-state index contributed by atoms with van der Waals surface area (Å²) in [6, 6.07) is 21.3. The molecule has 2 N–H and O–H groups in total. The number of Topliss-reactive ketones (excluding diaryl/α,β-unsaturated/α-hetero) is 2. The van der Waals surface area contributed by atoms with Crippen molar-refractivity contribution in [3.8, 4) is 5.75 Å². The van der Waals surface area contributed by atoms with Crippen LogP contribution >= 0.6 is 0 Å². The van der Waals surface area contributed by atoms with Crippen molar-refractivity contribution in [1.29, 1.82) is 0 Å². The standard InChI is InChI=1S/C45H56N4O9/c1-29(50)23-32(24-30(2)51)28-49(27-31-13-10-9-11-14-31)39(52)26-35-16-12-15-34-25-37(21-22-38(34)35)56-40(53)33-17-19-36(20-18-33)46-41(47-42(54)57-44(3,4)5)48-43(55)58-45(6,7)8/h9-11,13-14,17-22,25,32,35H,12,15-16,23-24,26-28H2,1-8H3,(H2,46,47,48,54,55). The number of guanidine groups is 1. The predicted molar refractivity (Wildman–Crippen MR) is 220 cm³/mol. The van der Waals surface area contributed by atoms with Crippen molar-refractivity contribution >= 4 is 47.3 Å². The molecular weight excluding hydrogens is 741 g/mol. The maximum Gasteiger partial charge on any atom is 0.414 e. The Kier molecular flexibility index (Phi) is 15.5. The van der Waals surface area contributed by atoms with Gasteiger partial charge < -0.3 is 28.7 Å². The van der Waals surface area contributed by atoms with Crippen molar-refractivity contribution in [2.24, 2.45) is 10.9 Å². The number of ketones is 2. The van der Waals surface area contributed by atoms with Crippen LogP contribution in [0.3, 0.4) is 0 Å². The zero-order chi connectivity index (χ0) is 42.6. The Morgan fingerprint density at radius 1 is 0.793 bits per heavy atom. The lowest BCUT2D eigenvalue weighted by Crippen LogP contribution is -2.47. The van der Waals surface area contributed by atoms with Gasteiger partial charge >= 0.3 is 18.2 Å². The molecule has 13 nitrogen and oxygen atoms in total. The van der Waals surface area contributed by atoms with Crippen molar-refractivity contribution in [3.63, 3.8) is 0 Å². The van der Waals surface area contributed by atoms with Crippen LogP contribution in [-0.2, 0) is 36.8 Å². The molecule has 4 rings (SSSR count). The summed E-state index contributed by atoms with van der Waals surface area (Å²) >= 11 is 0. The van der Waals surface area contributed by atoms with E-state index in [1.165, 1.54) is 38.1 Å². The van der Waals surface area contributed by atoms with Crippen LogP contribution in [-0.4, -0.2) is 64.2 Å². The van der Waals surface area contributed by atoms with Crippen molar-refractivity contribution in [2.75, 3.05) is 6.54 Å². The van der Waals surface area contributed by atoms with Crippen LogP contribution < -0.4 is 15.4 Å². The minimum Gasteiger partial charge on any atom is -0.444 e. The number of nitrogens with zero attached hydrogens (tertiary/aromatic N) is 2. The third-order valence-corrected chi connectivity index (χ3v) is 8.97. The Morgan fingerprint density at radius 2 is 1.38 bits per heavy atom. The number of alkyl carbamates (subject to hydrolysis) is 2. The van der Waals surface area contributed by atoms with Crippen molar-refractivity contribution < 1.29 is 43.0 Å². The van der Waals surface area contributed by atoms with E-state index < -0.39 is 29.4 Å². The average Bonchev–Trinajstić information content (AvgIpc) is 3.10. The van der Waals surface area contributed by atoms with E-state index in [1.54, 1.807) is 52.5 Å². The monoisotopic (exact) mass is 796 g/mol. The molecule has 3 aromatic rings. The molecule has 310 valence electrons. The molecule has 58 heavy (non-hydrogen) atoms. The second-order valence-electron chi connectivity index (χ2n) is 16.7. The lowest BCUT2D eigenvalue weighted by molar-refractivity contribution is -0.134. The number of rotatable bonds is 13. The van der Waals surface area contributed by atoms with Crippen LogP contribution in [0.1, 0.15) is 120 Å². The van der Waals surface area contributed by atoms with Gasteiger partial charge in [-0.05, 0) is 140 Å². The van der Waals surface area contributed by atoms with Gasteiger partial charge in [-0.15, -0.1) is 0 Å². The topological polar surface area (TPSA) is 170 Å². The molecule has 0 aliphatic heterocycles. The van der Waals surface area contributed by atoms with E-state index >= 15 is 0 Å². The van der Waals surface area contributed by atoms with E-state index in [9.17, 15) is 28.8 Å². The highest BCUT2D eigenvalue weighted by Gasteiger charge is 2.28. The van der Waals surface area contributed by atoms with Crippen LogP contribution in [0, 0.1) is 5.92 Å². The number of carbonyl (C=O) groups excluding carboxylic acids is 6. The number of nitrogens with one attached hydrogen (secondary N) is 2. The van der Waals surface area contributed by atoms with Gasteiger partial charge in [0.15, 0.2) is 0 Å². The SMILES string of the molecule is CC(=O)CC(CC(C)=O)CN(Cc1ccccc1)C(=O)CC1CCCc2cc(OC(=O)c3ccc(N=C(NC(=O)OC(C)(C)C)NC(=O)OC(C)(C)C)cc3)ccc21. The molecule has 0 saturated carbocycles. The largest absolute Gasteiger partial charge is 0.444 e. The summed E-state index contributed by atoms with van der Waals surface area (Å²) < 4.78 is 16.4. The summed E-state index contributed by atoms with van der Waals surface area (Å²) in [5.41, 5.74) is 1.95. The number of esters is 1. The van der Waals surface area contributed by atoms with Crippen LogP contribution in [0.4, 0.5) is 15.3 Å². The van der Waals surface area contributed by atoms with Gasteiger partial charge in [0.05, 0.1) is 11.3 Å². The van der Waals surface area contributed by atoms with E-state index in [1.807, 2.05) is 42.5 Å². The van der Waals surface area contributed by atoms with Gasteiger partial charge in [-0.25, -0.2) is 19.4 Å². The lowest BCUT2D eigenvalue weighted by Gasteiger charge is -2.31. The molecule has 1 atom stereocenters. The molecule has 0 saturated heterocycles.